The predicted octanol–water partition coefficient (Wildman–Crippen LogP) is 3.10. The molecule has 1 aliphatic carbocycles. The fourth-order valence-corrected chi connectivity index (χ4v) is 5.01. The van der Waals surface area contributed by atoms with Crippen molar-refractivity contribution >= 4 is 10.0 Å². The van der Waals surface area contributed by atoms with Crippen LogP contribution >= 0.6 is 0 Å². The summed E-state index contributed by atoms with van der Waals surface area (Å²) in [6.45, 7) is 1.92. The van der Waals surface area contributed by atoms with Gasteiger partial charge in [-0.1, -0.05) is 6.07 Å². The molecular weight excluding hydrogens is 400 g/mol. The molecule has 2 N–H and O–H groups in total. The molecule has 30 heavy (non-hydrogen) atoms. The monoisotopic (exact) mass is 424 g/mol. The third-order valence-corrected chi connectivity index (χ3v) is 6.92. The second-order valence-corrected chi connectivity index (χ2v) is 9.35. The van der Waals surface area contributed by atoms with Crippen LogP contribution < -0.4 is 4.72 Å². The number of rotatable bonds is 5. The summed E-state index contributed by atoms with van der Waals surface area (Å²) >= 11 is 0. The van der Waals surface area contributed by atoms with E-state index < -0.39 is 10.0 Å². The van der Waals surface area contributed by atoms with Crippen LogP contribution in [0.15, 0.2) is 60.0 Å². The van der Waals surface area contributed by atoms with Crippen molar-refractivity contribution in [3.63, 3.8) is 0 Å². The summed E-state index contributed by atoms with van der Waals surface area (Å²) in [5, 5.41) is 9.65. The molecule has 7 nitrogen and oxygen atoms in total. The Balaban J connectivity index is 1.64. The van der Waals surface area contributed by atoms with E-state index in [1.54, 1.807) is 43.0 Å². The van der Waals surface area contributed by atoms with Crippen molar-refractivity contribution in [2.75, 3.05) is 0 Å². The van der Waals surface area contributed by atoms with Crippen molar-refractivity contribution in [3.05, 3.63) is 60.7 Å². The average molecular weight is 425 g/mol. The van der Waals surface area contributed by atoms with E-state index >= 15 is 0 Å². The molecule has 0 spiro atoms. The highest BCUT2D eigenvalue weighted by atomic mass is 32.2. The normalized spacial score (nSPS) is 19.5. The summed E-state index contributed by atoms with van der Waals surface area (Å²) in [7, 11) is -3.68. The largest absolute Gasteiger partial charge is 0.393 e. The molecule has 1 saturated carbocycles. The molecule has 0 amide bonds. The van der Waals surface area contributed by atoms with Crippen LogP contribution in [0.2, 0.25) is 0 Å². The summed E-state index contributed by atoms with van der Waals surface area (Å²) in [5.74, 6) is 0. The van der Waals surface area contributed by atoms with E-state index in [4.69, 9.17) is 0 Å². The van der Waals surface area contributed by atoms with Gasteiger partial charge in [0.1, 0.15) is 0 Å². The highest BCUT2D eigenvalue weighted by Gasteiger charge is 2.25. The molecule has 1 aliphatic rings. The van der Waals surface area contributed by atoms with Gasteiger partial charge in [-0.3, -0.25) is 9.97 Å². The minimum atomic E-state index is -3.68. The number of aliphatic hydroxyl groups excluding tert-OH is 1. The molecule has 3 aromatic rings. The fraction of sp³-hybridized carbons (Fsp3) is 0.318. The van der Waals surface area contributed by atoms with Crippen LogP contribution in [-0.2, 0) is 10.0 Å². The summed E-state index contributed by atoms with van der Waals surface area (Å²) < 4.78 is 28.7. The number of aromatic nitrogens is 3. The fourth-order valence-electron chi connectivity index (χ4n) is 3.67. The number of nitrogens with one attached hydrogen (secondary N) is 1. The van der Waals surface area contributed by atoms with Gasteiger partial charge in [-0.05, 0) is 62.4 Å². The number of benzene rings is 1. The zero-order chi connectivity index (χ0) is 21.1. The second kappa shape index (κ2) is 8.59. The zero-order valence-electron chi connectivity index (χ0n) is 16.7. The van der Waals surface area contributed by atoms with Crippen LogP contribution in [0, 0.1) is 6.92 Å². The first-order chi connectivity index (χ1) is 14.4. The standard InChI is InChI=1S/C22H24N4O3S/c1-15-4-9-19(30(28,29)26-17-5-7-18(27)8-6-17)11-20(15)22-14-24-13-21(25-22)16-3-2-10-23-12-16/h2-4,9-14,17-18,26-27H,5-8H2,1H3. The van der Waals surface area contributed by atoms with Gasteiger partial charge in [0, 0.05) is 29.6 Å². The molecule has 2 heterocycles. The molecule has 4 rings (SSSR count). The highest BCUT2D eigenvalue weighted by Crippen LogP contribution is 2.27. The van der Waals surface area contributed by atoms with Gasteiger partial charge in [-0.25, -0.2) is 18.1 Å². The smallest absolute Gasteiger partial charge is 0.240 e. The van der Waals surface area contributed by atoms with Crippen LogP contribution in [-0.4, -0.2) is 40.6 Å². The molecule has 0 unspecified atom stereocenters. The Bertz CT molecular complexity index is 1130. The Morgan fingerprint density at radius 3 is 2.50 bits per heavy atom. The van der Waals surface area contributed by atoms with Crippen LogP contribution in [0.5, 0.6) is 0 Å². The van der Waals surface area contributed by atoms with E-state index in [1.165, 1.54) is 0 Å². The first-order valence-electron chi connectivity index (χ1n) is 9.96. The lowest BCUT2D eigenvalue weighted by Crippen LogP contribution is -2.38. The number of aliphatic hydroxyl groups is 1. The molecule has 0 radical (unpaired) electrons. The maximum atomic E-state index is 12.9. The Kier molecular flexibility index (Phi) is 5.90. The molecule has 1 aromatic carbocycles. The van der Waals surface area contributed by atoms with Crippen LogP contribution in [0.3, 0.4) is 0 Å². The van der Waals surface area contributed by atoms with Crippen LogP contribution in [0.4, 0.5) is 0 Å². The van der Waals surface area contributed by atoms with Crippen molar-refractivity contribution < 1.29 is 13.5 Å². The van der Waals surface area contributed by atoms with Crippen LogP contribution in [0.25, 0.3) is 22.5 Å². The van der Waals surface area contributed by atoms with E-state index in [9.17, 15) is 13.5 Å². The van der Waals surface area contributed by atoms with Crippen molar-refractivity contribution in [1.82, 2.24) is 19.7 Å². The third kappa shape index (κ3) is 4.56. The Morgan fingerprint density at radius 2 is 1.77 bits per heavy atom. The van der Waals surface area contributed by atoms with Crippen molar-refractivity contribution in [3.8, 4) is 22.5 Å². The molecular formula is C22H24N4O3S. The summed E-state index contributed by atoms with van der Waals surface area (Å²) in [6.07, 6.45) is 8.87. The highest BCUT2D eigenvalue weighted by molar-refractivity contribution is 7.89. The van der Waals surface area contributed by atoms with E-state index in [0.29, 0.717) is 37.1 Å². The van der Waals surface area contributed by atoms with E-state index in [1.807, 2.05) is 19.1 Å². The average Bonchev–Trinajstić information content (AvgIpc) is 2.76. The van der Waals surface area contributed by atoms with Gasteiger partial charge >= 0.3 is 0 Å². The summed E-state index contributed by atoms with van der Waals surface area (Å²) in [6, 6.07) is 8.62. The number of hydrogen-bond donors (Lipinski definition) is 2. The van der Waals surface area contributed by atoms with Crippen LogP contribution in [0.1, 0.15) is 31.2 Å². The van der Waals surface area contributed by atoms with E-state index in [-0.39, 0.29) is 17.0 Å². The topological polar surface area (TPSA) is 105 Å². The number of pyridine rings is 1. The Morgan fingerprint density at radius 1 is 1.00 bits per heavy atom. The number of hydrogen-bond acceptors (Lipinski definition) is 6. The Labute approximate surface area is 176 Å². The summed E-state index contributed by atoms with van der Waals surface area (Å²) in [5.41, 5.74) is 3.75. The summed E-state index contributed by atoms with van der Waals surface area (Å²) in [4.78, 5) is 13.3. The lowest BCUT2D eigenvalue weighted by atomic mass is 9.94. The van der Waals surface area contributed by atoms with Gasteiger partial charge in [0.05, 0.1) is 34.8 Å². The molecule has 2 aromatic heterocycles. The maximum absolute atomic E-state index is 12.9. The van der Waals surface area contributed by atoms with Gasteiger partial charge in [0.15, 0.2) is 0 Å². The first kappa shape index (κ1) is 20.6. The van der Waals surface area contributed by atoms with Gasteiger partial charge in [-0.2, -0.15) is 0 Å². The van der Waals surface area contributed by atoms with Crippen molar-refractivity contribution in [2.24, 2.45) is 0 Å². The van der Waals surface area contributed by atoms with Crippen molar-refractivity contribution in [2.45, 2.75) is 49.6 Å². The number of nitrogens with zero attached hydrogens (tertiary/aromatic N) is 3. The molecule has 0 atom stereocenters. The molecule has 0 aliphatic heterocycles. The Hall–Kier alpha value is -2.68. The van der Waals surface area contributed by atoms with Gasteiger partial charge in [-0.15, -0.1) is 0 Å². The minimum Gasteiger partial charge on any atom is -0.393 e. The van der Waals surface area contributed by atoms with Gasteiger partial charge in [0.2, 0.25) is 10.0 Å². The molecule has 1 fully saturated rings. The second-order valence-electron chi connectivity index (χ2n) is 7.63. The third-order valence-electron chi connectivity index (χ3n) is 5.41. The lowest BCUT2D eigenvalue weighted by Gasteiger charge is -2.26. The SMILES string of the molecule is Cc1ccc(S(=O)(=O)NC2CCC(O)CC2)cc1-c1cncc(-c2cccnc2)n1. The number of sulfonamides is 1. The molecule has 0 bridgehead atoms. The minimum absolute atomic E-state index is 0.156. The predicted molar refractivity (Wildman–Crippen MR) is 114 cm³/mol. The maximum Gasteiger partial charge on any atom is 0.240 e. The zero-order valence-corrected chi connectivity index (χ0v) is 17.5. The molecule has 156 valence electrons. The van der Waals surface area contributed by atoms with Crippen molar-refractivity contribution in [1.29, 1.82) is 0 Å². The van der Waals surface area contributed by atoms with Gasteiger partial charge in [0.25, 0.3) is 0 Å². The molecule has 0 saturated heterocycles. The van der Waals surface area contributed by atoms with Gasteiger partial charge < -0.3 is 5.11 Å². The van der Waals surface area contributed by atoms with E-state index in [0.717, 1.165) is 16.7 Å². The van der Waals surface area contributed by atoms with E-state index in [2.05, 4.69) is 19.7 Å². The lowest BCUT2D eigenvalue weighted by molar-refractivity contribution is 0.120. The molecule has 8 heteroatoms. The first-order valence-corrected chi connectivity index (χ1v) is 11.4. The quantitative estimate of drug-likeness (QED) is 0.652. The number of aryl methyl sites for hydroxylation is 1.